The first-order valence-electron chi connectivity index (χ1n) is 5.74. The highest BCUT2D eigenvalue weighted by molar-refractivity contribution is 5.66. The Kier molecular flexibility index (Phi) is 8.06. The molecule has 0 aromatic rings. The maximum Gasteiger partial charge on any atom is 0.303 e. The van der Waals surface area contributed by atoms with Gasteiger partial charge >= 0.3 is 5.97 Å². The van der Waals surface area contributed by atoms with Crippen LogP contribution in [0.1, 0.15) is 58.8 Å². The van der Waals surface area contributed by atoms with E-state index < -0.39 is 5.97 Å². The molecule has 1 N–H and O–H groups in total. The normalized spacial score (nSPS) is 12.5. The Bertz CT molecular complexity index is 213. The summed E-state index contributed by atoms with van der Waals surface area (Å²) in [5, 5.41) is 8.44. The van der Waals surface area contributed by atoms with Crippen LogP contribution in [-0.2, 0) is 4.79 Å². The first kappa shape index (κ1) is 14.2. The molecular formula is C13H23O2. The van der Waals surface area contributed by atoms with Crippen molar-refractivity contribution < 1.29 is 9.90 Å². The van der Waals surface area contributed by atoms with Crippen molar-refractivity contribution in [2.75, 3.05) is 0 Å². The van der Waals surface area contributed by atoms with Gasteiger partial charge in [0.15, 0.2) is 0 Å². The van der Waals surface area contributed by atoms with Crippen LogP contribution in [0.3, 0.4) is 0 Å². The fourth-order valence-corrected chi connectivity index (χ4v) is 1.41. The van der Waals surface area contributed by atoms with Crippen molar-refractivity contribution in [2.45, 2.75) is 58.8 Å². The molecule has 2 nitrogen and oxygen atoms in total. The molecule has 1 radical (unpaired) electrons. The van der Waals surface area contributed by atoms with E-state index in [-0.39, 0.29) is 0 Å². The minimum absolute atomic E-state index is 0.316. The summed E-state index contributed by atoms with van der Waals surface area (Å²) >= 11 is 0. The van der Waals surface area contributed by atoms with Gasteiger partial charge in [-0.2, -0.15) is 0 Å². The molecule has 0 aromatic carbocycles. The minimum atomic E-state index is -0.679. The van der Waals surface area contributed by atoms with E-state index in [1.807, 2.05) is 6.92 Å². The van der Waals surface area contributed by atoms with Crippen LogP contribution in [0.2, 0.25) is 0 Å². The zero-order valence-corrected chi connectivity index (χ0v) is 10.0. The van der Waals surface area contributed by atoms with Crippen LogP contribution in [0.4, 0.5) is 0 Å². The second-order valence-electron chi connectivity index (χ2n) is 4.22. The number of hydrogen-bond acceptors (Lipinski definition) is 1. The summed E-state index contributed by atoms with van der Waals surface area (Å²) in [5.41, 5.74) is 2.57. The molecule has 0 aliphatic rings. The van der Waals surface area contributed by atoms with Crippen molar-refractivity contribution in [3.05, 3.63) is 18.1 Å². The van der Waals surface area contributed by atoms with Gasteiger partial charge in [0.2, 0.25) is 0 Å². The number of allylic oxidation sites excluding steroid dienone is 2. The average molecular weight is 211 g/mol. The van der Waals surface area contributed by atoms with Gasteiger partial charge in [0, 0.05) is 6.42 Å². The molecule has 0 aliphatic carbocycles. The second kappa shape index (κ2) is 8.51. The van der Waals surface area contributed by atoms with Gasteiger partial charge in [0.1, 0.15) is 0 Å². The zero-order chi connectivity index (χ0) is 11.7. The van der Waals surface area contributed by atoms with Crippen molar-refractivity contribution in [1.82, 2.24) is 0 Å². The number of aliphatic carboxylic acids is 1. The highest BCUT2D eigenvalue weighted by Gasteiger charge is 1.97. The van der Waals surface area contributed by atoms with Crippen molar-refractivity contribution in [1.29, 1.82) is 0 Å². The molecule has 0 rings (SSSR count). The second-order valence-corrected chi connectivity index (χ2v) is 4.22. The number of carboxylic acid groups (broad SMARTS) is 1. The van der Waals surface area contributed by atoms with E-state index in [9.17, 15) is 4.79 Å². The lowest BCUT2D eigenvalue weighted by Gasteiger charge is -2.03. The number of unbranched alkanes of at least 4 members (excludes halogenated alkanes) is 4. The molecule has 0 unspecified atom stereocenters. The monoisotopic (exact) mass is 211 g/mol. The van der Waals surface area contributed by atoms with Gasteiger partial charge in [0.25, 0.3) is 0 Å². The van der Waals surface area contributed by atoms with Gasteiger partial charge in [-0.25, -0.2) is 0 Å². The largest absolute Gasteiger partial charge is 0.481 e. The van der Waals surface area contributed by atoms with Gasteiger partial charge in [-0.15, -0.1) is 0 Å². The molecule has 0 spiro atoms. The standard InChI is InChI=1S/C13H23O2/c1-11(2)12(3)9-7-5-4-6-8-10-13(14)15/h1,4-10H2,2-3H3,(H,14,15). The SMILES string of the molecule is [CH2]C(C)=C(C)CCCCCCCC(=O)O. The third-order valence-corrected chi connectivity index (χ3v) is 2.67. The maximum atomic E-state index is 10.2. The summed E-state index contributed by atoms with van der Waals surface area (Å²) in [4.78, 5) is 10.2. The number of rotatable bonds is 8. The molecule has 0 amide bonds. The fraction of sp³-hybridized carbons (Fsp3) is 0.692. The zero-order valence-electron chi connectivity index (χ0n) is 10.0. The van der Waals surface area contributed by atoms with Crippen LogP contribution in [0.15, 0.2) is 11.1 Å². The first-order valence-corrected chi connectivity index (χ1v) is 5.74. The minimum Gasteiger partial charge on any atom is -0.481 e. The topological polar surface area (TPSA) is 37.3 Å². The molecule has 0 atom stereocenters. The van der Waals surface area contributed by atoms with E-state index in [4.69, 9.17) is 5.11 Å². The van der Waals surface area contributed by atoms with Crippen molar-refractivity contribution in [3.63, 3.8) is 0 Å². The number of hydrogen-bond donors (Lipinski definition) is 1. The fourth-order valence-electron chi connectivity index (χ4n) is 1.41. The molecule has 0 aliphatic heterocycles. The molecular weight excluding hydrogens is 188 g/mol. The number of carboxylic acids is 1. The predicted octanol–water partition coefficient (Wildman–Crippen LogP) is 3.97. The van der Waals surface area contributed by atoms with Gasteiger partial charge < -0.3 is 5.11 Å². The highest BCUT2D eigenvalue weighted by atomic mass is 16.4. The third kappa shape index (κ3) is 9.51. The van der Waals surface area contributed by atoms with E-state index in [1.165, 1.54) is 24.0 Å². The molecule has 87 valence electrons. The van der Waals surface area contributed by atoms with Gasteiger partial charge in [-0.05, 0) is 40.0 Å². The quantitative estimate of drug-likeness (QED) is 0.617. The third-order valence-electron chi connectivity index (χ3n) is 2.67. The Labute approximate surface area is 93.4 Å². The summed E-state index contributed by atoms with van der Waals surface area (Å²) < 4.78 is 0. The molecule has 0 aromatic heterocycles. The Morgan fingerprint density at radius 1 is 1.00 bits per heavy atom. The molecule has 0 saturated heterocycles. The van der Waals surface area contributed by atoms with Crippen molar-refractivity contribution in [3.8, 4) is 0 Å². The van der Waals surface area contributed by atoms with Crippen molar-refractivity contribution in [2.24, 2.45) is 0 Å². The summed E-state index contributed by atoms with van der Waals surface area (Å²) in [6, 6.07) is 0. The van der Waals surface area contributed by atoms with Crippen LogP contribution in [0.25, 0.3) is 0 Å². The summed E-state index contributed by atoms with van der Waals surface area (Å²) in [6.07, 6.45) is 6.86. The lowest BCUT2D eigenvalue weighted by Crippen LogP contribution is -1.93. The lowest BCUT2D eigenvalue weighted by atomic mass is 10.0. The Morgan fingerprint density at radius 3 is 1.93 bits per heavy atom. The molecule has 15 heavy (non-hydrogen) atoms. The smallest absolute Gasteiger partial charge is 0.303 e. The Balaban J connectivity index is 3.26. The van der Waals surface area contributed by atoms with Crippen LogP contribution in [-0.4, -0.2) is 11.1 Å². The van der Waals surface area contributed by atoms with E-state index in [0.717, 1.165) is 25.7 Å². The van der Waals surface area contributed by atoms with Crippen LogP contribution >= 0.6 is 0 Å². The predicted molar refractivity (Wildman–Crippen MR) is 63.7 cm³/mol. The van der Waals surface area contributed by atoms with Gasteiger partial charge in [0.05, 0.1) is 0 Å². The molecule has 0 saturated carbocycles. The van der Waals surface area contributed by atoms with Crippen molar-refractivity contribution >= 4 is 5.97 Å². The van der Waals surface area contributed by atoms with Crippen LogP contribution in [0, 0.1) is 6.92 Å². The van der Waals surface area contributed by atoms with E-state index in [2.05, 4.69) is 13.8 Å². The Morgan fingerprint density at radius 2 is 1.47 bits per heavy atom. The lowest BCUT2D eigenvalue weighted by molar-refractivity contribution is -0.137. The van der Waals surface area contributed by atoms with E-state index in [0.29, 0.717) is 6.42 Å². The van der Waals surface area contributed by atoms with Gasteiger partial charge in [-0.3, -0.25) is 4.79 Å². The molecule has 0 fully saturated rings. The first-order chi connectivity index (χ1) is 7.04. The summed E-state index contributed by atoms with van der Waals surface area (Å²) in [7, 11) is 0. The van der Waals surface area contributed by atoms with E-state index in [1.54, 1.807) is 0 Å². The maximum absolute atomic E-state index is 10.2. The van der Waals surface area contributed by atoms with E-state index >= 15 is 0 Å². The molecule has 0 heterocycles. The average Bonchev–Trinajstić information content (AvgIpc) is 2.15. The van der Waals surface area contributed by atoms with Crippen LogP contribution < -0.4 is 0 Å². The highest BCUT2D eigenvalue weighted by Crippen LogP contribution is 2.13. The Hall–Kier alpha value is -0.790. The van der Waals surface area contributed by atoms with Gasteiger partial charge in [-0.1, -0.05) is 30.4 Å². The molecule has 2 heteroatoms. The summed E-state index contributed by atoms with van der Waals surface area (Å²) in [6.45, 7) is 8.08. The van der Waals surface area contributed by atoms with Crippen LogP contribution in [0.5, 0.6) is 0 Å². The summed E-state index contributed by atoms with van der Waals surface area (Å²) in [5.74, 6) is -0.679. The molecule has 0 bridgehead atoms. The number of carbonyl (C=O) groups is 1.